The molecule has 0 bridgehead atoms. The molecule has 5 rings (SSSR count). The molecule has 3 aromatic carbocycles. The number of nitrogens with one attached hydrogen (secondary N) is 2. The normalized spacial score (nSPS) is 12.5. The Kier molecular flexibility index (Phi) is 6.37. The molecule has 192 valence electrons. The van der Waals surface area contributed by atoms with Crippen molar-refractivity contribution in [1.29, 1.82) is 0 Å². The third kappa shape index (κ3) is 4.59. The van der Waals surface area contributed by atoms with E-state index >= 15 is 4.39 Å². The first kappa shape index (κ1) is 25.0. The van der Waals surface area contributed by atoms with Crippen LogP contribution in [0.5, 0.6) is 0 Å². The second-order valence-electron chi connectivity index (χ2n) is 8.47. The molecule has 7 nitrogen and oxygen atoms in total. The lowest BCUT2D eigenvalue weighted by molar-refractivity contribution is -0.137. The van der Waals surface area contributed by atoms with Gasteiger partial charge in [0.05, 0.1) is 28.6 Å². The highest BCUT2D eigenvalue weighted by Crippen LogP contribution is 2.39. The van der Waals surface area contributed by atoms with Crippen LogP contribution in [0.3, 0.4) is 0 Å². The molecule has 0 aliphatic rings. The molecule has 0 aliphatic carbocycles. The van der Waals surface area contributed by atoms with Gasteiger partial charge in [-0.2, -0.15) is 18.3 Å². The summed E-state index contributed by atoms with van der Waals surface area (Å²) in [6.45, 7) is 1.54. The van der Waals surface area contributed by atoms with Crippen molar-refractivity contribution in [3.63, 3.8) is 0 Å². The molecule has 0 fully saturated rings. The second kappa shape index (κ2) is 9.67. The molecule has 2 aromatic heterocycles. The van der Waals surface area contributed by atoms with Crippen molar-refractivity contribution in [3.05, 3.63) is 95.7 Å². The number of aromatic nitrogens is 4. The van der Waals surface area contributed by atoms with E-state index in [4.69, 9.17) is 0 Å². The molecule has 2 heterocycles. The minimum Gasteiger partial charge on any atom is -0.387 e. The first-order valence-corrected chi connectivity index (χ1v) is 11.4. The van der Waals surface area contributed by atoms with Gasteiger partial charge in [-0.25, -0.2) is 14.4 Å². The van der Waals surface area contributed by atoms with Gasteiger partial charge in [0.15, 0.2) is 5.82 Å². The number of aromatic amines is 1. The van der Waals surface area contributed by atoms with Gasteiger partial charge in [0.2, 0.25) is 0 Å². The number of carbonyl (C=O) groups is 1. The minimum absolute atomic E-state index is 0.193. The van der Waals surface area contributed by atoms with Crippen LogP contribution < -0.4 is 5.32 Å². The minimum atomic E-state index is -4.91. The Morgan fingerprint density at radius 3 is 2.37 bits per heavy atom. The predicted molar refractivity (Wildman–Crippen MR) is 133 cm³/mol. The maximum absolute atomic E-state index is 15.0. The van der Waals surface area contributed by atoms with Crippen molar-refractivity contribution in [3.8, 4) is 22.5 Å². The van der Waals surface area contributed by atoms with Gasteiger partial charge in [0, 0.05) is 28.9 Å². The smallest absolute Gasteiger partial charge is 0.387 e. The van der Waals surface area contributed by atoms with Gasteiger partial charge in [-0.1, -0.05) is 42.5 Å². The average molecular weight is 521 g/mol. The standard InChI is InChI=1S/C27H19F4N5O2/c1-14(37)22-17-9-8-16(15-6-3-2-4-7-15)23(24(17)36-35-22)34-26(38)19-12-18(25-32-10-5-11-33-25)20(13-21(19)28)27(29,30)31/h2-14,37H,1H3,(H,34,38)(H,35,36)/t14-/m0/s1. The number of benzene rings is 3. The molecule has 0 aliphatic heterocycles. The summed E-state index contributed by atoms with van der Waals surface area (Å²) in [7, 11) is 0. The number of alkyl halides is 3. The van der Waals surface area contributed by atoms with Gasteiger partial charge in [0.25, 0.3) is 5.91 Å². The van der Waals surface area contributed by atoms with Gasteiger partial charge < -0.3 is 10.4 Å². The molecule has 0 saturated heterocycles. The van der Waals surface area contributed by atoms with Crippen LogP contribution in [-0.4, -0.2) is 31.2 Å². The van der Waals surface area contributed by atoms with Crippen LogP contribution in [0.2, 0.25) is 0 Å². The maximum Gasteiger partial charge on any atom is 0.417 e. The molecule has 0 spiro atoms. The number of anilines is 1. The van der Waals surface area contributed by atoms with E-state index in [-0.39, 0.29) is 23.1 Å². The summed E-state index contributed by atoms with van der Waals surface area (Å²) < 4.78 is 56.2. The Labute approximate surface area is 213 Å². The van der Waals surface area contributed by atoms with Crippen molar-refractivity contribution in [2.75, 3.05) is 5.32 Å². The number of halogens is 4. The number of aliphatic hydroxyl groups excluding tert-OH is 1. The van der Waals surface area contributed by atoms with Crippen LogP contribution in [-0.2, 0) is 6.18 Å². The molecule has 3 N–H and O–H groups in total. The van der Waals surface area contributed by atoms with E-state index in [2.05, 4.69) is 25.5 Å². The van der Waals surface area contributed by atoms with E-state index < -0.39 is 40.7 Å². The number of fused-ring (bicyclic) bond motifs is 1. The van der Waals surface area contributed by atoms with E-state index in [1.54, 1.807) is 43.3 Å². The summed E-state index contributed by atoms with van der Waals surface area (Å²) in [5.41, 5.74) is -0.358. The van der Waals surface area contributed by atoms with E-state index in [0.717, 1.165) is 6.07 Å². The van der Waals surface area contributed by atoms with Crippen LogP contribution in [0.25, 0.3) is 33.4 Å². The van der Waals surface area contributed by atoms with E-state index in [1.165, 1.54) is 18.5 Å². The Morgan fingerprint density at radius 1 is 1.00 bits per heavy atom. The average Bonchev–Trinajstić information content (AvgIpc) is 3.34. The third-order valence-electron chi connectivity index (χ3n) is 5.96. The van der Waals surface area contributed by atoms with Crippen LogP contribution in [0.15, 0.2) is 73.1 Å². The molecule has 0 unspecified atom stereocenters. The first-order valence-electron chi connectivity index (χ1n) is 11.4. The highest BCUT2D eigenvalue weighted by molar-refractivity contribution is 6.12. The van der Waals surface area contributed by atoms with Gasteiger partial charge in [0.1, 0.15) is 11.3 Å². The van der Waals surface area contributed by atoms with Crippen LogP contribution in [0, 0.1) is 5.82 Å². The molecule has 0 saturated carbocycles. The molecule has 1 atom stereocenters. The SMILES string of the molecule is C[C@H](O)c1[nH]nc2c(NC(=O)c3cc(-c4ncccn4)c(C(F)(F)F)cc3F)c(-c3ccccc3)ccc12. The summed E-state index contributed by atoms with van der Waals surface area (Å²) in [6, 6.07) is 14.9. The van der Waals surface area contributed by atoms with Crippen LogP contribution >= 0.6 is 0 Å². The van der Waals surface area contributed by atoms with Crippen molar-refractivity contribution < 1.29 is 27.5 Å². The predicted octanol–water partition coefficient (Wildman–Crippen LogP) is 6.15. The summed E-state index contributed by atoms with van der Waals surface area (Å²) >= 11 is 0. The zero-order valence-corrected chi connectivity index (χ0v) is 19.7. The Bertz CT molecular complexity index is 1630. The van der Waals surface area contributed by atoms with Crippen molar-refractivity contribution in [2.24, 2.45) is 0 Å². The highest BCUT2D eigenvalue weighted by Gasteiger charge is 2.36. The number of aliphatic hydroxyl groups is 1. The number of carbonyl (C=O) groups excluding carboxylic acids is 1. The molecule has 11 heteroatoms. The lowest BCUT2D eigenvalue weighted by Crippen LogP contribution is -2.17. The van der Waals surface area contributed by atoms with E-state index in [1.807, 2.05) is 6.07 Å². The number of nitrogens with zero attached hydrogens (tertiary/aromatic N) is 3. The molecule has 38 heavy (non-hydrogen) atoms. The maximum atomic E-state index is 15.0. The quantitative estimate of drug-likeness (QED) is 0.241. The second-order valence-corrected chi connectivity index (χ2v) is 8.47. The molecule has 1 amide bonds. The fourth-order valence-electron chi connectivity index (χ4n) is 4.19. The molecular formula is C27H19F4N5O2. The van der Waals surface area contributed by atoms with Crippen molar-refractivity contribution in [1.82, 2.24) is 20.2 Å². The number of hydrogen-bond donors (Lipinski definition) is 3. The van der Waals surface area contributed by atoms with E-state index in [9.17, 15) is 23.1 Å². The number of hydrogen-bond acceptors (Lipinski definition) is 5. The zero-order valence-electron chi connectivity index (χ0n) is 19.7. The summed E-state index contributed by atoms with van der Waals surface area (Å²) in [6.07, 6.45) is -3.32. The summed E-state index contributed by atoms with van der Waals surface area (Å²) in [5, 5.41) is 20.2. The molecule has 5 aromatic rings. The van der Waals surface area contributed by atoms with Crippen LogP contribution in [0.4, 0.5) is 23.2 Å². The van der Waals surface area contributed by atoms with E-state index in [0.29, 0.717) is 22.2 Å². The zero-order chi connectivity index (χ0) is 27.0. The number of H-pyrrole nitrogens is 1. The topological polar surface area (TPSA) is 104 Å². The van der Waals surface area contributed by atoms with Crippen LogP contribution in [0.1, 0.15) is 34.6 Å². The first-order chi connectivity index (χ1) is 18.1. The van der Waals surface area contributed by atoms with Crippen molar-refractivity contribution >= 4 is 22.5 Å². The van der Waals surface area contributed by atoms with Gasteiger partial charge in [-0.15, -0.1) is 0 Å². The monoisotopic (exact) mass is 521 g/mol. The molecule has 0 radical (unpaired) electrons. The van der Waals surface area contributed by atoms with Crippen molar-refractivity contribution in [2.45, 2.75) is 19.2 Å². The largest absolute Gasteiger partial charge is 0.417 e. The Hall–Kier alpha value is -4.64. The molecular weight excluding hydrogens is 502 g/mol. The Balaban J connectivity index is 1.66. The van der Waals surface area contributed by atoms with Gasteiger partial charge >= 0.3 is 6.18 Å². The number of rotatable bonds is 5. The van der Waals surface area contributed by atoms with Gasteiger partial charge in [-0.3, -0.25) is 9.89 Å². The summed E-state index contributed by atoms with van der Waals surface area (Å²) in [5.74, 6) is -2.68. The summed E-state index contributed by atoms with van der Waals surface area (Å²) in [4.78, 5) is 21.1. The van der Waals surface area contributed by atoms with Gasteiger partial charge in [-0.05, 0) is 30.7 Å². The lowest BCUT2D eigenvalue weighted by Gasteiger charge is -2.16. The highest BCUT2D eigenvalue weighted by atomic mass is 19.4. The fraction of sp³-hybridized carbons (Fsp3) is 0.111. The third-order valence-corrected chi connectivity index (χ3v) is 5.96. The Morgan fingerprint density at radius 2 is 1.71 bits per heavy atom. The fourth-order valence-corrected chi connectivity index (χ4v) is 4.19. The lowest BCUT2D eigenvalue weighted by atomic mass is 9.99. The number of amides is 1.